The lowest BCUT2D eigenvalue weighted by Gasteiger charge is -2.16. The number of rotatable bonds is 6. The summed E-state index contributed by atoms with van der Waals surface area (Å²) in [6, 6.07) is 22.8. The van der Waals surface area contributed by atoms with Gasteiger partial charge in [0.05, 0.1) is 13.0 Å². The number of aryl methyl sites for hydroxylation is 1. The summed E-state index contributed by atoms with van der Waals surface area (Å²) in [6.45, 7) is 2.55. The van der Waals surface area contributed by atoms with Crippen molar-refractivity contribution in [3.63, 3.8) is 0 Å². The zero-order chi connectivity index (χ0) is 22.8. The number of ether oxygens (including phenoxy) is 2. The first kappa shape index (κ1) is 20.8. The molecule has 0 spiro atoms. The van der Waals surface area contributed by atoms with E-state index in [2.05, 4.69) is 10.1 Å². The SMILES string of the molecule is COc1ccc(Oc2ccc(-c3noc([C@H]4CC(=O)N(c5ccc(C)cc5)C4)n3)cc2)cc1. The zero-order valence-corrected chi connectivity index (χ0v) is 18.4. The number of hydrogen-bond donors (Lipinski definition) is 0. The highest BCUT2D eigenvalue weighted by Crippen LogP contribution is 2.32. The van der Waals surface area contributed by atoms with Gasteiger partial charge in [-0.15, -0.1) is 0 Å². The number of benzene rings is 3. The van der Waals surface area contributed by atoms with Crippen LogP contribution in [0.3, 0.4) is 0 Å². The fraction of sp³-hybridized carbons (Fsp3) is 0.192. The van der Waals surface area contributed by atoms with Crippen LogP contribution in [0.5, 0.6) is 17.2 Å². The van der Waals surface area contributed by atoms with Crippen molar-refractivity contribution < 1.29 is 18.8 Å². The predicted octanol–water partition coefficient (Wildman–Crippen LogP) is 5.37. The molecule has 4 aromatic rings. The highest BCUT2D eigenvalue weighted by atomic mass is 16.5. The Balaban J connectivity index is 1.26. The van der Waals surface area contributed by atoms with E-state index >= 15 is 0 Å². The number of anilines is 1. The van der Waals surface area contributed by atoms with Crippen molar-refractivity contribution in [1.82, 2.24) is 10.1 Å². The van der Waals surface area contributed by atoms with Crippen LogP contribution in [0.2, 0.25) is 0 Å². The van der Waals surface area contributed by atoms with Crippen molar-refractivity contribution in [2.24, 2.45) is 0 Å². The zero-order valence-electron chi connectivity index (χ0n) is 18.4. The maximum atomic E-state index is 12.6. The van der Waals surface area contributed by atoms with Crippen molar-refractivity contribution >= 4 is 11.6 Å². The number of methoxy groups -OCH3 is 1. The molecular formula is C26H23N3O4. The minimum absolute atomic E-state index is 0.0589. The molecule has 7 nitrogen and oxygen atoms in total. The smallest absolute Gasteiger partial charge is 0.232 e. The summed E-state index contributed by atoms with van der Waals surface area (Å²) in [4.78, 5) is 18.9. The van der Waals surface area contributed by atoms with Crippen molar-refractivity contribution in [2.45, 2.75) is 19.3 Å². The molecule has 0 N–H and O–H groups in total. The topological polar surface area (TPSA) is 77.7 Å². The van der Waals surface area contributed by atoms with E-state index in [0.717, 1.165) is 28.3 Å². The Morgan fingerprint density at radius 2 is 1.55 bits per heavy atom. The fourth-order valence-corrected chi connectivity index (χ4v) is 3.82. The number of hydrogen-bond acceptors (Lipinski definition) is 6. The second-order valence-corrected chi connectivity index (χ2v) is 8.00. The standard InChI is InChI=1S/C26H23N3O4/c1-17-3-7-20(8-4-17)29-16-19(15-24(29)30)26-27-25(28-33-26)18-5-9-22(10-6-18)32-23-13-11-21(31-2)12-14-23/h3-14,19H,15-16H2,1-2H3/t19-/m0/s1. The van der Waals surface area contributed by atoms with Gasteiger partial charge in [0, 0.05) is 24.2 Å². The van der Waals surface area contributed by atoms with Gasteiger partial charge >= 0.3 is 0 Å². The van der Waals surface area contributed by atoms with Crippen LogP contribution >= 0.6 is 0 Å². The molecule has 0 saturated carbocycles. The van der Waals surface area contributed by atoms with Gasteiger partial charge in [-0.1, -0.05) is 22.9 Å². The van der Waals surface area contributed by atoms with E-state index in [1.54, 1.807) is 12.0 Å². The van der Waals surface area contributed by atoms with Crippen LogP contribution < -0.4 is 14.4 Å². The van der Waals surface area contributed by atoms with Gasteiger partial charge in [0.1, 0.15) is 17.2 Å². The Bertz CT molecular complexity index is 1250. The van der Waals surface area contributed by atoms with Gasteiger partial charge in [0.25, 0.3) is 0 Å². The average molecular weight is 441 g/mol. The second-order valence-electron chi connectivity index (χ2n) is 8.00. The monoisotopic (exact) mass is 441 g/mol. The van der Waals surface area contributed by atoms with E-state index in [4.69, 9.17) is 14.0 Å². The van der Waals surface area contributed by atoms with E-state index in [1.165, 1.54) is 0 Å². The van der Waals surface area contributed by atoms with E-state index in [9.17, 15) is 4.79 Å². The highest BCUT2D eigenvalue weighted by molar-refractivity contribution is 5.96. The molecule has 1 aliphatic rings. The van der Waals surface area contributed by atoms with Gasteiger partial charge in [0.15, 0.2) is 0 Å². The molecule has 5 rings (SSSR count). The molecule has 1 saturated heterocycles. The predicted molar refractivity (Wildman–Crippen MR) is 124 cm³/mol. The van der Waals surface area contributed by atoms with Crippen LogP contribution in [0.15, 0.2) is 77.3 Å². The summed E-state index contributed by atoms with van der Waals surface area (Å²) < 4.78 is 16.5. The van der Waals surface area contributed by atoms with E-state index in [1.807, 2.05) is 79.7 Å². The number of carbonyl (C=O) groups is 1. The molecule has 1 aromatic heterocycles. The molecule has 1 aliphatic heterocycles. The first-order chi connectivity index (χ1) is 16.1. The highest BCUT2D eigenvalue weighted by Gasteiger charge is 2.35. The maximum Gasteiger partial charge on any atom is 0.232 e. The van der Waals surface area contributed by atoms with Crippen LogP contribution in [0.25, 0.3) is 11.4 Å². The molecule has 1 atom stereocenters. The summed E-state index contributed by atoms with van der Waals surface area (Å²) in [5.41, 5.74) is 2.86. The minimum atomic E-state index is -0.127. The molecular weight excluding hydrogens is 418 g/mol. The Hall–Kier alpha value is -4.13. The quantitative estimate of drug-likeness (QED) is 0.401. The second kappa shape index (κ2) is 8.78. The van der Waals surface area contributed by atoms with Crippen LogP contribution in [-0.4, -0.2) is 29.7 Å². The Labute approximate surface area is 191 Å². The Morgan fingerprint density at radius 3 is 2.21 bits per heavy atom. The van der Waals surface area contributed by atoms with Gasteiger partial charge in [-0.3, -0.25) is 4.79 Å². The van der Waals surface area contributed by atoms with Crippen molar-refractivity contribution in [2.75, 3.05) is 18.6 Å². The molecule has 3 aromatic carbocycles. The van der Waals surface area contributed by atoms with Crippen LogP contribution in [0.1, 0.15) is 23.8 Å². The normalized spacial score (nSPS) is 15.6. The summed E-state index contributed by atoms with van der Waals surface area (Å²) >= 11 is 0. The van der Waals surface area contributed by atoms with E-state index in [0.29, 0.717) is 30.4 Å². The number of nitrogens with zero attached hydrogens (tertiary/aromatic N) is 3. The Kier molecular flexibility index (Phi) is 5.52. The van der Waals surface area contributed by atoms with Crippen LogP contribution in [-0.2, 0) is 4.79 Å². The van der Waals surface area contributed by atoms with Crippen LogP contribution in [0, 0.1) is 6.92 Å². The lowest BCUT2D eigenvalue weighted by atomic mass is 10.1. The van der Waals surface area contributed by atoms with E-state index < -0.39 is 0 Å². The third kappa shape index (κ3) is 4.43. The van der Waals surface area contributed by atoms with Crippen LogP contribution in [0.4, 0.5) is 5.69 Å². The van der Waals surface area contributed by atoms with Gasteiger partial charge in [-0.25, -0.2) is 0 Å². The summed E-state index contributed by atoms with van der Waals surface area (Å²) in [6.07, 6.45) is 0.351. The molecule has 0 radical (unpaired) electrons. The van der Waals surface area contributed by atoms with Gasteiger partial charge in [-0.05, 0) is 67.6 Å². The van der Waals surface area contributed by atoms with Crippen molar-refractivity contribution in [1.29, 1.82) is 0 Å². The van der Waals surface area contributed by atoms with E-state index in [-0.39, 0.29) is 11.8 Å². The fourth-order valence-electron chi connectivity index (χ4n) is 3.82. The van der Waals surface area contributed by atoms with Gasteiger partial charge in [0.2, 0.25) is 17.6 Å². The Morgan fingerprint density at radius 1 is 0.909 bits per heavy atom. The third-order valence-electron chi connectivity index (χ3n) is 5.67. The molecule has 0 bridgehead atoms. The minimum Gasteiger partial charge on any atom is -0.497 e. The third-order valence-corrected chi connectivity index (χ3v) is 5.67. The van der Waals surface area contributed by atoms with Gasteiger partial charge < -0.3 is 18.9 Å². The first-order valence-corrected chi connectivity index (χ1v) is 10.7. The van der Waals surface area contributed by atoms with Crippen molar-refractivity contribution in [3.8, 4) is 28.6 Å². The summed E-state index contributed by atoms with van der Waals surface area (Å²) in [7, 11) is 1.63. The lowest BCUT2D eigenvalue weighted by Crippen LogP contribution is -2.24. The molecule has 33 heavy (non-hydrogen) atoms. The molecule has 1 amide bonds. The number of amides is 1. The average Bonchev–Trinajstić information content (AvgIpc) is 3.48. The molecule has 1 fully saturated rings. The van der Waals surface area contributed by atoms with Crippen molar-refractivity contribution in [3.05, 3.63) is 84.3 Å². The first-order valence-electron chi connectivity index (χ1n) is 10.7. The number of carbonyl (C=O) groups excluding carboxylic acids is 1. The van der Waals surface area contributed by atoms with Gasteiger partial charge in [-0.2, -0.15) is 4.98 Å². The molecule has 166 valence electrons. The maximum absolute atomic E-state index is 12.6. The largest absolute Gasteiger partial charge is 0.497 e. The lowest BCUT2D eigenvalue weighted by molar-refractivity contribution is -0.117. The molecule has 2 heterocycles. The summed E-state index contributed by atoms with van der Waals surface area (Å²) in [5.74, 6) is 3.09. The molecule has 0 unspecified atom stereocenters. The number of aromatic nitrogens is 2. The summed E-state index contributed by atoms with van der Waals surface area (Å²) in [5, 5.41) is 4.13. The molecule has 0 aliphatic carbocycles. The molecule has 7 heteroatoms.